The fourth-order valence-electron chi connectivity index (χ4n) is 4.23. The van der Waals surface area contributed by atoms with Crippen LogP contribution in [0.15, 0.2) is 0 Å². The predicted molar refractivity (Wildman–Crippen MR) is 86.5 cm³/mol. The molecule has 114 valence electrons. The summed E-state index contributed by atoms with van der Waals surface area (Å²) in [5.41, 5.74) is 0. The quantitative estimate of drug-likeness (QED) is 0.590. The predicted octanol–water partition coefficient (Wildman–Crippen LogP) is 5.40. The molecule has 0 aliphatic heterocycles. The summed E-state index contributed by atoms with van der Waals surface area (Å²) in [4.78, 5) is 0. The third kappa shape index (κ3) is 5.45. The van der Waals surface area contributed by atoms with Gasteiger partial charge in [-0.15, -0.1) is 0 Å². The lowest BCUT2D eigenvalue weighted by atomic mass is 9.72. The number of hydrogen-bond donors (Lipinski definition) is 1. The van der Waals surface area contributed by atoms with Gasteiger partial charge in [0.2, 0.25) is 0 Å². The molecule has 19 heavy (non-hydrogen) atoms. The van der Waals surface area contributed by atoms with E-state index in [0.717, 1.165) is 30.3 Å². The average Bonchev–Trinajstić information content (AvgIpc) is 2.45. The molecule has 1 nitrogen and oxygen atoms in total. The lowest BCUT2D eigenvalue weighted by Gasteiger charge is -2.39. The van der Waals surface area contributed by atoms with E-state index in [2.05, 4.69) is 33.0 Å². The first-order valence-corrected chi connectivity index (χ1v) is 9.00. The molecule has 1 heteroatoms. The Morgan fingerprint density at radius 3 is 2.21 bits per heavy atom. The van der Waals surface area contributed by atoms with Gasteiger partial charge >= 0.3 is 0 Å². The van der Waals surface area contributed by atoms with Crippen LogP contribution in [-0.4, -0.2) is 12.6 Å². The van der Waals surface area contributed by atoms with Crippen LogP contribution in [0.25, 0.3) is 0 Å². The third-order valence-corrected chi connectivity index (χ3v) is 5.18. The van der Waals surface area contributed by atoms with Gasteiger partial charge in [-0.1, -0.05) is 59.8 Å². The normalized spacial score (nSPS) is 25.7. The van der Waals surface area contributed by atoms with Crippen LogP contribution in [0.4, 0.5) is 0 Å². The summed E-state index contributed by atoms with van der Waals surface area (Å²) in [6, 6.07) is 0.791. The Morgan fingerprint density at radius 2 is 1.68 bits per heavy atom. The van der Waals surface area contributed by atoms with Crippen LogP contribution in [0.5, 0.6) is 0 Å². The molecule has 0 bridgehead atoms. The maximum Gasteiger partial charge on any atom is 0.0124 e. The molecule has 0 heterocycles. The molecule has 0 aromatic rings. The molecule has 0 amide bonds. The van der Waals surface area contributed by atoms with Crippen molar-refractivity contribution in [1.29, 1.82) is 0 Å². The topological polar surface area (TPSA) is 12.0 Å². The SMILES string of the molecule is CCCC(CCC)C(NCC)C1CCCC(CC)C1. The Bertz CT molecular complexity index is 208. The second kappa shape index (κ2) is 9.80. The average molecular weight is 268 g/mol. The summed E-state index contributed by atoms with van der Waals surface area (Å²) < 4.78 is 0. The molecule has 1 fully saturated rings. The van der Waals surface area contributed by atoms with Crippen LogP contribution in [0.1, 0.15) is 85.5 Å². The van der Waals surface area contributed by atoms with Crippen molar-refractivity contribution in [2.75, 3.05) is 6.54 Å². The molecule has 1 aliphatic carbocycles. The first-order chi connectivity index (χ1) is 9.26. The highest BCUT2D eigenvalue weighted by atomic mass is 14.9. The van der Waals surface area contributed by atoms with Crippen molar-refractivity contribution in [2.45, 2.75) is 91.5 Å². The van der Waals surface area contributed by atoms with Gasteiger partial charge in [0.25, 0.3) is 0 Å². The molecule has 3 atom stereocenters. The summed E-state index contributed by atoms with van der Waals surface area (Å²) in [6.07, 6.45) is 12.8. The molecule has 0 aromatic heterocycles. The van der Waals surface area contributed by atoms with Gasteiger partial charge in [-0.3, -0.25) is 0 Å². The van der Waals surface area contributed by atoms with Crippen LogP contribution in [-0.2, 0) is 0 Å². The molecular weight excluding hydrogens is 230 g/mol. The van der Waals surface area contributed by atoms with Gasteiger partial charge < -0.3 is 5.32 Å². The van der Waals surface area contributed by atoms with Gasteiger partial charge in [-0.05, 0) is 50.0 Å². The highest BCUT2D eigenvalue weighted by Crippen LogP contribution is 2.36. The van der Waals surface area contributed by atoms with Crippen LogP contribution in [0.3, 0.4) is 0 Å². The molecule has 1 aliphatic rings. The molecule has 3 unspecified atom stereocenters. The fraction of sp³-hybridized carbons (Fsp3) is 1.00. The van der Waals surface area contributed by atoms with E-state index in [1.807, 2.05) is 0 Å². The van der Waals surface area contributed by atoms with E-state index in [9.17, 15) is 0 Å². The van der Waals surface area contributed by atoms with E-state index in [1.165, 1.54) is 57.8 Å². The van der Waals surface area contributed by atoms with Crippen molar-refractivity contribution in [3.05, 3.63) is 0 Å². The molecular formula is C18H37N. The zero-order valence-corrected chi connectivity index (χ0v) is 13.9. The van der Waals surface area contributed by atoms with Crippen molar-refractivity contribution < 1.29 is 0 Å². The monoisotopic (exact) mass is 267 g/mol. The molecule has 1 N–H and O–H groups in total. The maximum atomic E-state index is 3.87. The fourth-order valence-corrected chi connectivity index (χ4v) is 4.23. The summed E-state index contributed by atoms with van der Waals surface area (Å²) in [5.74, 6) is 2.86. The zero-order valence-electron chi connectivity index (χ0n) is 13.9. The van der Waals surface area contributed by atoms with Gasteiger partial charge in [0, 0.05) is 6.04 Å². The van der Waals surface area contributed by atoms with Gasteiger partial charge in [0.15, 0.2) is 0 Å². The second-order valence-corrected chi connectivity index (χ2v) is 6.62. The van der Waals surface area contributed by atoms with Crippen molar-refractivity contribution >= 4 is 0 Å². The third-order valence-electron chi connectivity index (χ3n) is 5.18. The van der Waals surface area contributed by atoms with E-state index in [-0.39, 0.29) is 0 Å². The maximum absolute atomic E-state index is 3.87. The van der Waals surface area contributed by atoms with Crippen molar-refractivity contribution in [3.63, 3.8) is 0 Å². The Hall–Kier alpha value is -0.0400. The van der Waals surface area contributed by atoms with E-state index in [4.69, 9.17) is 0 Å². The lowest BCUT2D eigenvalue weighted by Crippen LogP contribution is -2.44. The highest BCUT2D eigenvalue weighted by molar-refractivity contribution is 4.86. The highest BCUT2D eigenvalue weighted by Gasteiger charge is 2.31. The number of hydrogen-bond acceptors (Lipinski definition) is 1. The number of rotatable bonds is 9. The van der Waals surface area contributed by atoms with Crippen LogP contribution >= 0.6 is 0 Å². The van der Waals surface area contributed by atoms with Crippen LogP contribution in [0.2, 0.25) is 0 Å². The van der Waals surface area contributed by atoms with E-state index in [1.54, 1.807) is 0 Å². The molecule has 0 radical (unpaired) electrons. The molecule has 1 rings (SSSR count). The van der Waals surface area contributed by atoms with E-state index < -0.39 is 0 Å². The lowest BCUT2D eigenvalue weighted by molar-refractivity contribution is 0.157. The Morgan fingerprint density at radius 1 is 1.00 bits per heavy atom. The Balaban J connectivity index is 2.66. The smallest absolute Gasteiger partial charge is 0.0124 e. The molecule has 0 spiro atoms. The van der Waals surface area contributed by atoms with E-state index >= 15 is 0 Å². The standard InChI is InChI=1S/C18H37N/c1-5-10-16(11-6-2)18(19-8-4)17-13-9-12-15(7-3)14-17/h15-19H,5-14H2,1-4H3. The van der Waals surface area contributed by atoms with Gasteiger partial charge in [0.05, 0.1) is 0 Å². The van der Waals surface area contributed by atoms with Crippen molar-refractivity contribution in [2.24, 2.45) is 17.8 Å². The summed E-state index contributed by atoms with van der Waals surface area (Å²) in [6.45, 7) is 10.5. The Kier molecular flexibility index (Phi) is 8.77. The second-order valence-electron chi connectivity index (χ2n) is 6.62. The number of nitrogens with one attached hydrogen (secondary N) is 1. The van der Waals surface area contributed by atoms with Gasteiger partial charge in [-0.2, -0.15) is 0 Å². The van der Waals surface area contributed by atoms with Gasteiger partial charge in [0.1, 0.15) is 0 Å². The minimum absolute atomic E-state index is 0.791. The minimum atomic E-state index is 0.791. The molecule has 0 aromatic carbocycles. The zero-order chi connectivity index (χ0) is 14.1. The summed E-state index contributed by atoms with van der Waals surface area (Å²) in [5, 5.41) is 3.87. The first kappa shape index (κ1) is 17.0. The summed E-state index contributed by atoms with van der Waals surface area (Å²) in [7, 11) is 0. The van der Waals surface area contributed by atoms with Crippen molar-refractivity contribution in [1.82, 2.24) is 5.32 Å². The Labute approximate surface area is 121 Å². The van der Waals surface area contributed by atoms with Gasteiger partial charge in [-0.25, -0.2) is 0 Å². The molecule has 1 saturated carbocycles. The largest absolute Gasteiger partial charge is 0.314 e. The minimum Gasteiger partial charge on any atom is -0.314 e. The summed E-state index contributed by atoms with van der Waals surface area (Å²) >= 11 is 0. The first-order valence-electron chi connectivity index (χ1n) is 9.00. The van der Waals surface area contributed by atoms with E-state index in [0.29, 0.717) is 0 Å². The van der Waals surface area contributed by atoms with Crippen molar-refractivity contribution in [3.8, 4) is 0 Å². The van der Waals surface area contributed by atoms with Crippen LogP contribution in [0, 0.1) is 17.8 Å². The molecule has 0 saturated heterocycles. The van der Waals surface area contributed by atoms with Crippen LogP contribution < -0.4 is 5.32 Å².